The number of hydrogen-bond donors (Lipinski definition) is 1. The number of nitrogens with zero attached hydrogens (tertiary/aromatic N) is 1. The average Bonchev–Trinajstić information content (AvgIpc) is 2.46. The van der Waals surface area contributed by atoms with Gasteiger partial charge in [-0.05, 0) is 26.0 Å². The normalized spacial score (nSPS) is 12.0. The minimum Gasteiger partial charge on any atom is -0.481 e. The van der Waals surface area contributed by atoms with Gasteiger partial charge in [0.25, 0.3) is 0 Å². The summed E-state index contributed by atoms with van der Waals surface area (Å²) in [7, 11) is 0. The van der Waals surface area contributed by atoms with Crippen LogP contribution in [0.15, 0.2) is 29.2 Å². The molecule has 0 aromatic heterocycles. The summed E-state index contributed by atoms with van der Waals surface area (Å²) in [5.41, 5.74) is 1.22. The molecular weight excluding hydrogens is 286 g/mol. The second-order valence-electron chi connectivity index (χ2n) is 5.08. The van der Waals surface area contributed by atoms with Crippen molar-refractivity contribution in [2.45, 2.75) is 32.1 Å². The molecule has 1 unspecified atom stereocenters. The lowest BCUT2D eigenvalue weighted by Crippen LogP contribution is -2.36. The number of aryl methyl sites for hydroxylation is 1. The van der Waals surface area contributed by atoms with E-state index in [4.69, 9.17) is 5.11 Å². The maximum Gasteiger partial charge on any atom is 0.308 e. The Labute approximate surface area is 130 Å². The van der Waals surface area contributed by atoms with Crippen LogP contribution in [0.5, 0.6) is 0 Å². The molecule has 21 heavy (non-hydrogen) atoms. The van der Waals surface area contributed by atoms with Crippen molar-refractivity contribution in [3.63, 3.8) is 0 Å². The number of benzene rings is 1. The van der Waals surface area contributed by atoms with Gasteiger partial charge in [-0.1, -0.05) is 24.6 Å². The first kappa shape index (κ1) is 17.6. The molecule has 0 aliphatic heterocycles. The molecule has 0 fully saturated rings. The van der Waals surface area contributed by atoms with E-state index in [1.54, 1.807) is 23.6 Å². The van der Waals surface area contributed by atoms with Gasteiger partial charge in [0.1, 0.15) is 0 Å². The first-order valence-corrected chi connectivity index (χ1v) is 8.12. The van der Waals surface area contributed by atoms with Crippen molar-refractivity contribution < 1.29 is 14.7 Å². The van der Waals surface area contributed by atoms with Crippen molar-refractivity contribution in [3.05, 3.63) is 29.8 Å². The van der Waals surface area contributed by atoms with Gasteiger partial charge in [0.05, 0.1) is 5.92 Å². The molecular formula is C16H23NO3S. The van der Waals surface area contributed by atoms with Gasteiger partial charge in [-0.2, -0.15) is 0 Å². The van der Waals surface area contributed by atoms with E-state index in [1.165, 1.54) is 5.56 Å². The second kappa shape index (κ2) is 8.72. The Hall–Kier alpha value is -1.49. The van der Waals surface area contributed by atoms with Gasteiger partial charge < -0.3 is 10.0 Å². The Morgan fingerprint density at radius 3 is 2.43 bits per heavy atom. The predicted octanol–water partition coefficient (Wildman–Crippen LogP) is 3.05. The molecule has 0 spiro atoms. The van der Waals surface area contributed by atoms with Crippen LogP contribution >= 0.6 is 11.8 Å². The zero-order chi connectivity index (χ0) is 15.8. The van der Waals surface area contributed by atoms with E-state index in [0.717, 1.165) is 4.90 Å². The molecule has 0 bridgehead atoms. The summed E-state index contributed by atoms with van der Waals surface area (Å²) in [6, 6.07) is 8.21. The number of carbonyl (C=O) groups is 2. The molecule has 4 nitrogen and oxygen atoms in total. The quantitative estimate of drug-likeness (QED) is 0.750. The standard InChI is InChI=1S/C16H23NO3S/c1-4-17(11-13(3)16(19)20)15(18)9-10-21-14-7-5-12(2)6-8-14/h5-8,13H,4,9-11H2,1-3H3,(H,19,20). The molecule has 1 aromatic rings. The van der Waals surface area contributed by atoms with Crippen LogP contribution in [0.25, 0.3) is 0 Å². The Morgan fingerprint density at radius 2 is 1.90 bits per heavy atom. The van der Waals surface area contributed by atoms with Crippen molar-refractivity contribution in [2.24, 2.45) is 5.92 Å². The lowest BCUT2D eigenvalue weighted by atomic mass is 10.1. The van der Waals surface area contributed by atoms with Gasteiger partial charge in [0.2, 0.25) is 5.91 Å². The molecule has 1 rings (SSSR count). The Morgan fingerprint density at radius 1 is 1.29 bits per heavy atom. The van der Waals surface area contributed by atoms with E-state index < -0.39 is 11.9 Å². The number of hydrogen-bond acceptors (Lipinski definition) is 3. The molecule has 0 saturated carbocycles. The van der Waals surface area contributed by atoms with Gasteiger partial charge in [0, 0.05) is 30.2 Å². The van der Waals surface area contributed by atoms with Crippen molar-refractivity contribution in [3.8, 4) is 0 Å². The van der Waals surface area contributed by atoms with Crippen molar-refractivity contribution >= 4 is 23.6 Å². The summed E-state index contributed by atoms with van der Waals surface area (Å²) in [6.45, 7) is 6.37. The molecule has 0 aliphatic carbocycles. The molecule has 116 valence electrons. The smallest absolute Gasteiger partial charge is 0.308 e. The summed E-state index contributed by atoms with van der Waals surface area (Å²) in [5.74, 6) is -0.668. The third-order valence-corrected chi connectivity index (χ3v) is 4.27. The number of carboxylic acid groups (broad SMARTS) is 1. The summed E-state index contributed by atoms with van der Waals surface area (Å²) in [6.07, 6.45) is 0.429. The number of amides is 1. The van der Waals surface area contributed by atoms with Crippen LogP contribution < -0.4 is 0 Å². The van der Waals surface area contributed by atoms with Crippen molar-refractivity contribution in [1.82, 2.24) is 4.90 Å². The first-order chi connectivity index (χ1) is 9.93. The molecule has 0 aliphatic rings. The highest BCUT2D eigenvalue weighted by molar-refractivity contribution is 7.99. The van der Waals surface area contributed by atoms with Gasteiger partial charge in [-0.15, -0.1) is 11.8 Å². The second-order valence-corrected chi connectivity index (χ2v) is 6.25. The highest BCUT2D eigenvalue weighted by atomic mass is 32.2. The van der Waals surface area contributed by atoms with Crippen LogP contribution in [-0.4, -0.2) is 40.7 Å². The zero-order valence-electron chi connectivity index (χ0n) is 12.8. The molecule has 0 radical (unpaired) electrons. The molecule has 0 heterocycles. The largest absolute Gasteiger partial charge is 0.481 e. The highest BCUT2D eigenvalue weighted by Gasteiger charge is 2.18. The topological polar surface area (TPSA) is 57.6 Å². The van der Waals surface area contributed by atoms with E-state index >= 15 is 0 Å². The number of rotatable bonds is 8. The van der Waals surface area contributed by atoms with E-state index in [-0.39, 0.29) is 12.5 Å². The minimum atomic E-state index is -0.865. The van der Waals surface area contributed by atoms with E-state index in [9.17, 15) is 9.59 Å². The summed E-state index contributed by atoms with van der Waals surface area (Å²) < 4.78 is 0. The van der Waals surface area contributed by atoms with Crippen LogP contribution in [0.1, 0.15) is 25.8 Å². The maximum absolute atomic E-state index is 12.1. The number of aliphatic carboxylic acids is 1. The third kappa shape index (κ3) is 6.21. The third-order valence-electron chi connectivity index (χ3n) is 3.26. The van der Waals surface area contributed by atoms with Gasteiger partial charge in [-0.25, -0.2) is 0 Å². The molecule has 1 amide bonds. The predicted molar refractivity (Wildman–Crippen MR) is 85.6 cm³/mol. The fourth-order valence-electron chi connectivity index (χ4n) is 1.86. The molecule has 1 aromatic carbocycles. The molecule has 0 saturated heterocycles. The Bertz CT molecular complexity index is 473. The molecule has 5 heteroatoms. The van der Waals surface area contributed by atoms with E-state index in [1.807, 2.05) is 13.8 Å². The lowest BCUT2D eigenvalue weighted by molar-refractivity contribution is -0.143. The zero-order valence-corrected chi connectivity index (χ0v) is 13.7. The highest BCUT2D eigenvalue weighted by Crippen LogP contribution is 2.19. The Kier molecular flexibility index (Phi) is 7.29. The summed E-state index contributed by atoms with van der Waals surface area (Å²) >= 11 is 1.65. The molecule has 1 N–H and O–H groups in total. The summed E-state index contributed by atoms with van der Waals surface area (Å²) in [5, 5.41) is 8.91. The van der Waals surface area contributed by atoms with Crippen LogP contribution in [0.4, 0.5) is 0 Å². The summed E-state index contributed by atoms with van der Waals surface area (Å²) in [4.78, 5) is 25.7. The van der Waals surface area contributed by atoms with Gasteiger partial charge >= 0.3 is 5.97 Å². The number of carbonyl (C=O) groups excluding carboxylic acids is 1. The van der Waals surface area contributed by atoms with Crippen molar-refractivity contribution in [1.29, 1.82) is 0 Å². The number of thioether (sulfide) groups is 1. The van der Waals surface area contributed by atoms with Crippen molar-refractivity contribution in [2.75, 3.05) is 18.8 Å². The van der Waals surface area contributed by atoms with E-state index in [2.05, 4.69) is 24.3 Å². The van der Waals surface area contributed by atoms with Crippen LogP contribution in [0, 0.1) is 12.8 Å². The molecule has 1 atom stereocenters. The Balaban J connectivity index is 2.40. The van der Waals surface area contributed by atoms with Gasteiger partial charge in [0.15, 0.2) is 0 Å². The van der Waals surface area contributed by atoms with E-state index in [0.29, 0.717) is 18.7 Å². The fourth-order valence-corrected chi connectivity index (χ4v) is 2.71. The maximum atomic E-state index is 12.1. The average molecular weight is 309 g/mol. The lowest BCUT2D eigenvalue weighted by Gasteiger charge is -2.22. The minimum absolute atomic E-state index is 0.0187. The SMILES string of the molecule is CCN(CC(C)C(=O)O)C(=O)CCSc1ccc(C)cc1. The van der Waals surface area contributed by atoms with Crippen LogP contribution in [0.2, 0.25) is 0 Å². The van der Waals surface area contributed by atoms with Crippen LogP contribution in [0.3, 0.4) is 0 Å². The van der Waals surface area contributed by atoms with Crippen LogP contribution in [-0.2, 0) is 9.59 Å². The fraction of sp³-hybridized carbons (Fsp3) is 0.500. The number of carboxylic acids is 1. The van der Waals surface area contributed by atoms with Gasteiger partial charge in [-0.3, -0.25) is 9.59 Å². The monoisotopic (exact) mass is 309 g/mol. The first-order valence-electron chi connectivity index (χ1n) is 7.14.